The van der Waals surface area contributed by atoms with Gasteiger partial charge in [0.2, 0.25) is 5.91 Å². The lowest BCUT2D eigenvalue weighted by atomic mass is 10.0. The van der Waals surface area contributed by atoms with Crippen LogP contribution in [0.4, 0.5) is 0 Å². The van der Waals surface area contributed by atoms with Crippen LogP contribution in [-0.2, 0) is 14.3 Å². The molecule has 1 aliphatic rings. The second kappa shape index (κ2) is 5.46. The minimum atomic E-state index is -1.20. The van der Waals surface area contributed by atoms with E-state index < -0.39 is 17.6 Å². The molecule has 1 amide bonds. The summed E-state index contributed by atoms with van der Waals surface area (Å²) in [5.74, 6) is -1.23. The van der Waals surface area contributed by atoms with Crippen LogP contribution < -0.4 is 5.32 Å². The molecule has 2 N–H and O–H groups in total. The first kappa shape index (κ1) is 13.9. The number of amides is 1. The van der Waals surface area contributed by atoms with Crippen molar-refractivity contribution >= 4 is 11.9 Å². The highest BCUT2D eigenvalue weighted by atomic mass is 16.5. The van der Waals surface area contributed by atoms with Gasteiger partial charge in [-0.3, -0.25) is 4.79 Å². The van der Waals surface area contributed by atoms with Gasteiger partial charge in [-0.25, -0.2) is 4.79 Å². The maximum Gasteiger partial charge on any atom is 0.329 e. The number of carbonyl (C=O) groups excluding carboxylic acids is 1. The fourth-order valence-corrected chi connectivity index (χ4v) is 1.85. The lowest BCUT2D eigenvalue weighted by molar-refractivity contribution is -0.158. The van der Waals surface area contributed by atoms with E-state index in [0.717, 1.165) is 0 Å². The van der Waals surface area contributed by atoms with Crippen molar-refractivity contribution in [3.8, 4) is 0 Å². The highest BCUT2D eigenvalue weighted by Crippen LogP contribution is 2.16. The topological polar surface area (TPSA) is 78.9 Å². The highest BCUT2D eigenvalue weighted by Gasteiger charge is 2.39. The average Bonchev–Trinajstić information content (AvgIpc) is 2.30. The maximum atomic E-state index is 12.2. The fraction of sp³-hybridized carbons (Fsp3) is 0.818. The molecule has 0 bridgehead atoms. The van der Waals surface area contributed by atoms with Crippen LogP contribution >= 0.6 is 0 Å². The summed E-state index contributed by atoms with van der Waals surface area (Å²) < 4.78 is 5.21. The molecule has 1 atom stereocenters. The Balaban J connectivity index is 2.79. The van der Waals surface area contributed by atoms with E-state index in [9.17, 15) is 9.59 Å². The van der Waals surface area contributed by atoms with Crippen molar-refractivity contribution in [3.05, 3.63) is 0 Å². The number of hydrogen-bond acceptors (Lipinski definition) is 4. The van der Waals surface area contributed by atoms with Crippen LogP contribution in [0.2, 0.25) is 0 Å². The second-order valence-corrected chi connectivity index (χ2v) is 4.53. The van der Waals surface area contributed by atoms with Crippen LogP contribution in [0.3, 0.4) is 0 Å². The van der Waals surface area contributed by atoms with Crippen LogP contribution in [0.1, 0.15) is 20.8 Å². The Morgan fingerprint density at radius 1 is 1.53 bits per heavy atom. The molecule has 0 saturated carbocycles. The number of rotatable bonds is 4. The lowest BCUT2D eigenvalue weighted by Crippen LogP contribution is -2.60. The number of carboxylic acids is 1. The van der Waals surface area contributed by atoms with Gasteiger partial charge in [-0.15, -0.1) is 0 Å². The molecule has 0 aromatic carbocycles. The van der Waals surface area contributed by atoms with Gasteiger partial charge in [0.15, 0.2) is 0 Å². The monoisotopic (exact) mass is 244 g/mol. The van der Waals surface area contributed by atoms with Crippen molar-refractivity contribution < 1.29 is 19.4 Å². The molecule has 0 aromatic rings. The molecule has 1 fully saturated rings. The summed E-state index contributed by atoms with van der Waals surface area (Å²) in [6.07, 6.45) is 0. The Hall–Kier alpha value is -1.14. The van der Waals surface area contributed by atoms with Gasteiger partial charge < -0.3 is 20.1 Å². The Morgan fingerprint density at radius 3 is 2.59 bits per heavy atom. The van der Waals surface area contributed by atoms with Crippen molar-refractivity contribution in [1.29, 1.82) is 0 Å². The zero-order valence-corrected chi connectivity index (χ0v) is 10.5. The van der Waals surface area contributed by atoms with Crippen molar-refractivity contribution in [2.45, 2.75) is 32.4 Å². The molecule has 0 radical (unpaired) electrons. The van der Waals surface area contributed by atoms with Crippen LogP contribution in [0.5, 0.6) is 0 Å². The van der Waals surface area contributed by atoms with Gasteiger partial charge in [0.1, 0.15) is 11.6 Å². The van der Waals surface area contributed by atoms with E-state index in [1.807, 2.05) is 0 Å². The van der Waals surface area contributed by atoms with Crippen LogP contribution in [0, 0.1) is 0 Å². The van der Waals surface area contributed by atoms with Gasteiger partial charge in [0.05, 0.1) is 13.2 Å². The van der Waals surface area contributed by atoms with Crippen molar-refractivity contribution in [3.63, 3.8) is 0 Å². The summed E-state index contributed by atoms with van der Waals surface area (Å²) in [6.45, 7) is 6.67. The summed E-state index contributed by atoms with van der Waals surface area (Å²) >= 11 is 0. The number of nitrogens with one attached hydrogen (secondary N) is 1. The predicted molar refractivity (Wildman–Crippen MR) is 61.7 cm³/mol. The van der Waals surface area contributed by atoms with Crippen molar-refractivity contribution in [2.75, 3.05) is 26.3 Å². The van der Waals surface area contributed by atoms with Crippen molar-refractivity contribution in [1.82, 2.24) is 10.2 Å². The van der Waals surface area contributed by atoms with Gasteiger partial charge in [-0.05, 0) is 20.8 Å². The number of hydrogen-bond donors (Lipinski definition) is 2. The van der Waals surface area contributed by atoms with E-state index in [1.165, 1.54) is 18.7 Å². The third-order valence-electron chi connectivity index (χ3n) is 3.00. The molecule has 0 spiro atoms. The summed E-state index contributed by atoms with van der Waals surface area (Å²) in [4.78, 5) is 24.7. The summed E-state index contributed by atoms with van der Waals surface area (Å²) in [5.41, 5.74) is -1.20. The van der Waals surface area contributed by atoms with E-state index in [1.54, 1.807) is 6.92 Å². The van der Waals surface area contributed by atoms with Crippen LogP contribution in [0.15, 0.2) is 0 Å². The lowest BCUT2D eigenvalue weighted by Gasteiger charge is -2.37. The number of nitrogens with zero attached hydrogens (tertiary/aromatic N) is 1. The average molecular weight is 244 g/mol. The molecule has 6 nitrogen and oxygen atoms in total. The Labute approximate surface area is 101 Å². The first-order valence-corrected chi connectivity index (χ1v) is 5.77. The fourth-order valence-electron chi connectivity index (χ4n) is 1.85. The summed E-state index contributed by atoms with van der Waals surface area (Å²) in [5, 5.41) is 12.2. The van der Waals surface area contributed by atoms with E-state index in [2.05, 4.69) is 5.32 Å². The van der Waals surface area contributed by atoms with E-state index in [-0.39, 0.29) is 5.91 Å². The molecule has 17 heavy (non-hydrogen) atoms. The quantitative estimate of drug-likeness (QED) is 0.709. The SMILES string of the molecule is CCN(C(=O)C1COCCN1)C(C)(C)C(=O)O. The number of carboxylic acid groups (broad SMARTS) is 1. The summed E-state index contributed by atoms with van der Waals surface area (Å²) in [7, 11) is 0. The number of likely N-dealkylation sites (N-methyl/N-ethyl adjacent to an activating group) is 1. The predicted octanol–water partition coefficient (Wildman–Crippen LogP) is -0.313. The smallest absolute Gasteiger partial charge is 0.329 e. The van der Waals surface area contributed by atoms with Gasteiger partial charge in [0, 0.05) is 13.1 Å². The minimum Gasteiger partial charge on any atom is -0.480 e. The molecular weight excluding hydrogens is 224 g/mol. The van der Waals surface area contributed by atoms with E-state index in [4.69, 9.17) is 9.84 Å². The summed E-state index contributed by atoms with van der Waals surface area (Å²) in [6, 6.07) is -0.442. The first-order chi connectivity index (χ1) is 7.91. The van der Waals surface area contributed by atoms with Gasteiger partial charge in [-0.2, -0.15) is 0 Å². The third-order valence-corrected chi connectivity index (χ3v) is 3.00. The Bertz CT molecular complexity index is 298. The largest absolute Gasteiger partial charge is 0.480 e. The zero-order chi connectivity index (χ0) is 13.1. The van der Waals surface area contributed by atoms with Gasteiger partial charge in [-0.1, -0.05) is 0 Å². The standard InChI is InChI=1S/C11H20N2O4/c1-4-13(11(2,3)10(15)16)9(14)8-7-17-6-5-12-8/h8,12H,4-7H2,1-3H3,(H,15,16). The molecule has 0 aromatic heterocycles. The Morgan fingerprint density at radius 2 is 2.18 bits per heavy atom. The molecule has 1 saturated heterocycles. The van der Waals surface area contributed by atoms with E-state index >= 15 is 0 Å². The normalized spacial score (nSPS) is 21.0. The second-order valence-electron chi connectivity index (χ2n) is 4.53. The molecular formula is C11H20N2O4. The van der Waals surface area contributed by atoms with Crippen LogP contribution in [0.25, 0.3) is 0 Å². The first-order valence-electron chi connectivity index (χ1n) is 5.77. The molecule has 6 heteroatoms. The van der Waals surface area contributed by atoms with Gasteiger partial charge in [0.25, 0.3) is 0 Å². The number of ether oxygens (including phenoxy) is 1. The molecule has 1 rings (SSSR count). The highest BCUT2D eigenvalue weighted by molar-refractivity contribution is 5.89. The van der Waals surface area contributed by atoms with Crippen LogP contribution in [-0.4, -0.2) is 59.8 Å². The third kappa shape index (κ3) is 2.95. The molecule has 98 valence electrons. The maximum absolute atomic E-state index is 12.2. The molecule has 1 aliphatic heterocycles. The molecule has 1 unspecified atom stereocenters. The van der Waals surface area contributed by atoms with Gasteiger partial charge >= 0.3 is 5.97 Å². The molecule has 1 heterocycles. The Kier molecular flexibility index (Phi) is 4.47. The number of carbonyl (C=O) groups is 2. The van der Waals surface area contributed by atoms with Crippen molar-refractivity contribution in [2.24, 2.45) is 0 Å². The number of morpholine rings is 1. The minimum absolute atomic E-state index is 0.223. The zero-order valence-electron chi connectivity index (χ0n) is 10.5. The van der Waals surface area contributed by atoms with E-state index in [0.29, 0.717) is 26.3 Å². The molecule has 0 aliphatic carbocycles. The number of aliphatic carboxylic acids is 1.